The van der Waals surface area contributed by atoms with Crippen molar-refractivity contribution >= 4 is 17.4 Å². The van der Waals surface area contributed by atoms with E-state index in [1.54, 1.807) is 6.20 Å². The van der Waals surface area contributed by atoms with Gasteiger partial charge in [0.2, 0.25) is 0 Å². The fraction of sp³-hybridized carbons (Fsp3) is 0.385. The highest BCUT2D eigenvalue weighted by Crippen LogP contribution is 2.16. The zero-order chi connectivity index (χ0) is 13.1. The van der Waals surface area contributed by atoms with Crippen molar-refractivity contribution in [2.75, 3.05) is 11.9 Å². The van der Waals surface area contributed by atoms with E-state index in [0.29, 0.717) is 5.88 Å². The smallest absolute Gasteiger partial charge is 0.128 e. The third-order valence-corrected chi connectivity index (χ3v) is 3.30. The summed E-state index contributed by atoms with van der Waals surface area (Å²) < 4.78 is 2.01. The van der Waals surface area contributed by atoms with Crippen molar-refractivity contribution in [1.82, 2.24) is 14.5 Å². The predicted octanol–water partition coefficient (Wildman–Crippen LogP) is 2.50. The van der Waals surface area contributed by atoms with Gasteiger partial charge in [0.15, 0.2) is 0 Å². The van der Waals surface area contributed by atoms with Gasteiger partial charge in [-0.25, -0.2) is 9.97 Å². The molecule has 5 heteroatoms. The Kier molecular flexibility index (Phi) is 3.87. The third-order valence-electron chi connectivity index (χ3n) is 3.02. The summed E-state index contributed by atoms with van der Waals surface area (Å²) in [6, 6.07) is 4.02. The molecule has 0 bridgehead atoms. The first kappa shape index (κ1) is 12.9. The summed E-state index contributed by atoms with van der Waals surface area (Å²) in [5.74, 6) is 2.45. The molecule has 2 aromatic rings. The maximum atomic E-state index is 5.83. The molecule has 0 aliphatic rings. The zero-order valence-corrected chi connectivity index (χ0v) is 11.6. The number of nitrogens with zero attached hydrogens (tertiary/aromatic N) is 4. The van der Waals surface area contributed by atoms with Crippen LogP contribution < -0.4 is 4.90 Å². The van der Waals surface area contributed by atoms with Crippen molar-refractivity contribution < 1.29 is 0 Å². The second kappa shape index (κ2) is 5.40. The summed E-state index contributed by atoms with van der Waals surface area (Å²) in [5, 5.41) is 0. The van der Waals surface area contributed by atoms with Gasteiger partial charge in [0.1, 0.15) is 11.6 Å². The SMILES string of the molecule is Cc1nc(N(C)Cc2nccn2C)ccc1CCl. The molecule has 0 fully saturated rings. The molecule has 2 heterocycles. The standard InChI is InChI=1S/C13H17ClN4/c1-10-11(8-14)4-5-12(16-10)18(3)9-13-15-6-7-17(13)2/h4-7H,8-9H2,1-3H3. The molecule has 18 heavy (non-hydrogen) atoms. The number of pyridine rings is 1. The lowest BCUT2D eigenvalue weighted by Crippen LogP contribution is -2.20. The van der Waals surface area contributed by atoms with Crippen LogP contribution in [-0.4, -0.2) is 21.6 Å². The molecule has 96 valence electrons. The molecule has 0 saturated heterocycles. The Morgan fingerprint density at radius 3 is 2.72 bits per heavy atom. The van der Waals surface area contributed by atoms with Gasteiger partial charge < -0.3 is 9.47 Å². The van der Waals surface area contributed by atoms with E-state index >= 15 is 0 Å². The second-order valence-electron chi connectivity index (χ2n) is 4.36. The summed E-state index contributed by atoms with van der Waals surface area (Å²) >= 11 is 5.83. The number of aromatic nitrogens is 3. The van der Waals surface area contributed by atoms with Crippen molar-refractivity contribution in [3.05, 3.63) is 41.6 Å². The quantitative estimate of drug-likeness (QED) is 0.796. The van der Waals surface area contributed by atoms with Crippen LogP contribution in [0.15, 0.2) is 24.5 Å². The third kappa shape index (κ3) is 2.64. The highest BCUT2D eigenvalue weighted by Gasteiger charge is 2.08. The van der Waals surface area contributed by atoms with Gasteiger partial charge in [-0.15, -0.1) is 11.6 Å². The molecule has 0 aromatic carbocycles. The minimum atomic E-state index is 0.502. The van der Waals surface area contributed by atoms with Crippen LogP contribution in [0.2, 0.25) is 0 Å². The van der Waals surface area contributed by atoms with E-state index in [2.05, 4.69) is 14.9 Å². The average Bonchev–Trinajstić information content (AvgIpc) is 2.75. The maximum Gasteiger partial charge on any atom is 0.128 e. The first-order valence-corrected chi connectivity index (χ1v) is 6.35. The van der Waals surface area contributed by atoms with Crippen LogP contribution >= 0.6 is 11.6 Å². The number of hydrogen-bond donors (Lipinski definition) is 0. The highest BCUT2D eigenvalue weighted by molar-refractivity contribution is 6.17. The van der Waals surface area contributed by atoms with E-state index in [1.165, 1.54) is 0 Å². The van der Waals surface area contributed by atoms with Gasteiger partial charge in [-0.2, -0.15) is 0 Å². The van der Waals surface area contributed by atoms with Crippen LogP contribution in [0.4, 0.5) is 5.82 Å². The van der Waals surface area contributed by atoms with Crippen LogP contribution in [0.3, 0.4) is 0 Å². The van der Waals surface area contributed by atoms with Crippen molar-refractivity contribution in [3.63, 3.8) is 0 Å². The van der Waals surface area contributed by atoms with Crippen molar-refractivity contribution in [2.45, 2.75) is 19.3 Å². The molecular formula is C13H17ClN4. The minimum absolute atomic E-state index is 0.502. The van der Waals surface area contributed by atoms with Crippen molar-refractivity contribution in [2.24, 2.45) is 7.05 Å². The average molecular weight is 265 g/mol. The summed E-state index contributed by atoms with van der Waals surface area (Å²) in [5.41, 5.74) is 2.06. The molecule has 0 unspecified atom stereocenters. The number of rotatable bonds is 4. The number of anilines is 1. The second-order valence-corrected chi connectivity index (χ2v) is 4.63. The van der Waals surface area contributed by atoms with Gasteiger partial charge in [0.05, 0.1) is 6.54 Å². The molecule has 4 nitrogen and oxygen atoms in total. The van der Waals surface area contributed by atoms with Gasteiger partial charge in [-0.1, -0.05) is 6.07 Å². The van der Waals surface area contributed by atoms with Gasteiger partial charge in [-0.05, 0) is 18.6 Å². The zero-order valence-electron chi connectivity index (χ0n) is 10.9. The molecule has 0 N–H and O–H groups in total. The van der Waals surface area contributed by atoms with Crippen LogP contribution in [0, 0.1) is 6.92 Å². The topological polar surface area (TPSA) is 34.0 Å². The summed E-state index contributed by atoms with van der Waals surface area (Å²) in [7, 11) is 4.00. The molecule has 0 radical (unpaired) electrons. The van der Waals surface area contributed by atoms with Crippen LogP contribution in [0.1, 0.15) is 17.1 Å². The molecule has 0 amide bonds. The van der Waals surface area contributed by atoms with E-state index < -0.39 is 0 Å². The Labute approximate surface area is 112 Å². The van der Waals surface area contributed by atoms with Gasteiger partial charge in [0, 0.05) is 38.1 Å². The predicted molar refractivity (Wildman–Crippen MR) is 73.8 cm³/mol. The number of alkyl halides is 1. The highest BCUT2D eigenvalue weighted by atomic mass is 35.5. The fourth-order valence-corrected chi connectivity index (χ4v) is 2.05. The largest absolute Gasteiger partial charge is 0.352 e. The first-order chi connectivity index (χ1) is 8.61. The molecule has 0 atom stereocenters. The van der Waals surface area contributed by atoms with E-state index in [9.17, 15) is 0 Å². The first-order valence-electron chi connectivity index (χ1n) is 5.81. The fourth-order valence-electron chi connectivity index (χ4n) is 1.77. The Bertz CT molecular complexity index is 536. The van der Waals surface area contributed by atoms with Crippen molar-refractivity contribution in [3.8, 4) is 0 Å². The van der Waals surface area contributed by atoms with E-state index in [1.807, 2.05) is 43.9 Å². The number of hydrogen-bond acceptors (Lipinski definition) is 3. The van der Waals surface area contributed by atoms with E-state index in [4.69, 9.17) is 11.6 Å². The Morgan fingerprint density at radius 2 is 2.17 bits per heavy atom. The maximum absolute atomic E-state index is 5.83. The molecule has 2 aromatic heterocycles. The molecule has 2 rings (SSSR count). The number of aryl methyl sites for hydroxylation is 2. The van der Waals surface area contributed by atoms with Gasteiger partial charge in [0.25, 0.3) is 0 Å². The van der Waals surface area contributed by atoms with E-state index in [-0.39, 0.29) is 0 Å². The Hall–Kier alpha value is -1.55. The number of imidazole rings is 1. The monoisotopic (exact) mass is 264 g/mol. The Balaban J connectivity index is 2.16. The van der Waals surface area contributed by atoms with Crippen LogP contribution in [0.5, 0.6) is 0 Å². The lowest BCUT2D eigenvalue weighted by Gasteiger charge is -2.18. The minimum Gasteiger partial charge on any atom is -0.352 e. The molecule has 0 saturated carbocycles. The molecule has 0 spiro atoms. The summed E-state index contributed by atoms with van der Waals surface area (Å²) in [4.78, 5) is 10.9. The molecule has 0 aliphatic carbocycles. The van der Waals surface area contributed by atoms with Crippen LogP contribution in [-0.2, 0) is 19.5 Å². The molecular weight excluding hydrogens is 248 g/mol. The van der Waals surface area contributed by atoms with E-state index in [0.717, 1.165) is 29.4 Å². The van der Waals surface area contributed by atoms with Gasteiger partial charge >= 0.3 is 0 Å². The van der Waals surface area contributed by atoms with Crippen LogP contribution in [0.25, 0.3) is 0 Å². The van der Waals surface area contributed by atoms with Gasteiger partial charge in [-0.3, -0.25) is 0 Å². The summed E-state index contributed by atoms with van der Waals surface area (Å²) in [6.07, 6.45) is 3.75. The molecule has 0 aliphatic heterocycles. The van der Waals surface area contributed by atoms with Crippen molar-refractivity contribution in [1.29, 1.82) is 0 Å². The number of halogens is 1. The Morgan fingerprint density at radius 1 is 1.39 bits per heavy atom. The lowest BCUT2D eigenvalue weighted by molar-refractivity contribution is 0.754. The lowest BCUT2D eigenvalue weighted by atomic mass is 10.2. The normalized spacial score (nSPS) is 10.7. The summed E-state index contributed by atoms with van der Waals surface area (Å²) in [6.45, 7) is 2.71.